The molecule has 0 bridgehead atoms. The molecule has 0 atom stereocenters. The van der Waals surface area contributed by atoms with Crippen LogP contribution in [-0.2, 0) is 64.1 Å². The number of aromatic amines is 1. The number of hydrogen-bond donors (Lipinski definition) is 4. The number of rotatable bonds is 23. The fourth-order valence-corrected chi connectivity index (χ4v) is 8.69. The third-order valence-corrected chi connectivity index (χ3v) is 12.5. The fourth-order valence-electron chi connectivity index (χ4n) is 7.24. The van der Waals surface area contributed by atoms with E-state index in [0.717, 1.165) is 26.5 Å². The Labute approximate surface area is 385 Å². The summed E-state index contributed by atoms with van der Waals surface area (Å²) in [6.45, 7) is 4.50. The van der Waals surface area contributed by atoms with E-state index < -0.39 is 6.61 Å². The van der Waals surface area contributed by atoms with E-state index in [2.05, 4.69) is 20.7 Å². The van der Waals surface area contributed by atoms with Crippen molar-refractivity contribution in [3.63, 3.8) is 0 Å². The van der Waals surface area contributed by atoms with Gasteiger partial charge in [-0.15, -0.1) is 11.3 Å². The zero-order valence-electron chi connectivity index (χ0n) is 36.0. The van der Waals surface area contributed by atoms with E-state index in [4.69, 9.17) is 37.4 Å². The molecule has 2 aliphatic rings. The monoisotopic (exact) mass is 943 g/mol. The van der Waals surface area contributed by atoms with Gasteiger partial charge >= 0.3 is 0 Å². The Morgan fingerprint density at radius 3 is 2.44 bits per heavy atom. The highest BCUT2D eigenvalue weighted by Crippen LogP contribution is 2.42. The van der Waals surface area contributed by atoms with Gasteiger partial charge in [0.2, 0.25) is 29.5 Å². The number of nitrogens with one attached hydrogen (secondary N) is 3. The number of likely N-dealkylation sites (N-methyl/N-ethyl adjacent to an activating group) is 1. The van der Waals surface area contributed by atoms with E-state index in [1.54, 1.807) is 39.1 Å². The molecule has 5 heterocycles. The maximum Gasteiger partial charge on any atom is 0.248 e. The first kappa shape index (κ1) is 48.6. The minimum Gasteiger partial charge on any atom is -0.387 e. The molecule has 4 aromatic rings. The maximum atomic E-state index is 12.8. The summed E-state index contributed by atoms with van der Waals surface area (Å²) in [5.74, 6) is -0.982. The number of anilines is 1. The molecular formula is C43H55Cl2N9O9S. The topological polar surface area (TPSA) is 204 Å². The van der Waals surface area contributed by atoms with Gasteiger partial charge in [0, 0.05) is 98.0 Å². The van der Waals surface area contributed by atoms with Crippen molar-refractivity contribution in [3.05, 3.63) is 68.8 Å². The standard InChI is InChI=1S/C43H55Cl2N9O9S/c1-50(2)13-3-4-37(58)52-16-17-54(38(59)27-52)40-6-5-29(64-40)7-11-46-35(56)10-18-61-20-22-63-23-21-62-19-12-47-36(57)26-53-15-9-34(49-53)30-24-32(44)42(45)43-41(30)31-25-51(39(60)28-55)14-8-33(31)48-43/h3-6,9,15,24,48,55H,7-8,10-14,16-23,25-28H2,1-2H3,(H,46,56)(H,47,57)/b4-3+. The molecule has 1 saturated heterocycles. The van der Waals surface area contributed by atoms with E-state index in [9.17, 15) is 29.1 Å². The molecule has 346 valence electrons. The molecule has 1 aromatic carbocycles. The summed E-state index contributed by atoms with van der Waals surface area (Å²) in [5.41, 5.74) is 3.79. The van der Waals surface area contributed by atoms with Gasteiger partial charge in [0.25, 0.3) is 0 Å². The van der Waals surface area contributed by atoms with Crippen LogP contribution in [0.1, 0.15) is 22.6 Å². The fraction of sp³-hybridized carbons (Fsp3) is 0.488. The van der Waals surface area contributed by atoms with Gasteiger partial charge in [0.05, 0.1) is 65.9 Å². The van der Waals surface area contributed by atoms with Crippen LogP contribution in [-0.4, -0.2) is 170 Å². The first-order valence-corrected chi connectivity index (χ1v) is 22.7. The largest absolute Gasteiger partial charge is 0.387 e. The highest BCUT2D eigenvalue weighted by atomic mass is 35.5. The second kappa shape index (κ2) is 23.9. The van der Waals surface area contributed by atoms with Crippen LogP contribution < -0.4 is 15.5 Å². The van der Waals surface area contributed by atoms with Crippen molar-refractivity contribution in [1.82, 2.24) is 40.1 Å². The summed E-state index contributed by atoms with van der Waals surface area (Å²) in [5, 5.41) is 22.1. The molecule has 4 N–H and O–H groups in total. The van der Waals surface area contributed by atoms with Crippen molar-refractivity contribution in [1.29, 1.82) is 0 Å². The summed E-state index contributed by atoms with van der Waals surface area (Å²) in [6.07, 6.45) is 6.45. The lowest BCUT2D eigenvalue weighted by atomic mass is 9.99. The van der Waals surface area contributed by atoms with Gasteiger partial charge < -0.3 is 54.5 Å². The molecule has 0 saturated carbocycles. The molecule has 21 heteroatoms. The highest BCUT2D eigenvalue weighted by Gasteiger charge is 2.29. The van der Waals surface area contributed by atoms with Crippen molar-refractivity contribution >= 4 is 80.0 Å². The molecule has 0 radical (unpaired) electrons. The molecule has 0 spiro atoms. The zero-order valence-corrected chi connectivity index (χ0v) is 38.4. The lowest BCUT2D eigenvalue weighted by Gasteiger charge is -2.33. The van der Waals surface area contributed by atoms with E-state index in [1.165, 1.54) is 22.1 Å². The lowest BCUT2D eigenvalue weighted by molar-refractivity contribution is -0.135. The highest BCUT2D eigenvalue weighted by molar-refractivity contribution is 7.16. The first-order valence-electron chi connectivity index (χ1n) is 21.1. The van der Waals surface area contributed by atoms with Gasteiger partial charge in [0.1, 0.15) is 19.7 Å². The van der Waals surface area contributed by atoms with Gasteiger partial charge in [-0.1, -0.05) is 29.3 Å². The molecule has 1 fully saturated rings. The predicted octanol–water partition coefficient (Wildman–Crippen LogP) is 2.48. The van der Waals surface area contributed by atoms with Crippen LogP contribution in [0.25, 0.3) is 22.2 Å². The number of ether oxygens (including phenoxy) is 3. The first-order chi connectivity index (χ1) is 30.9. The average Bonchev–Trinajstić information content (AvgIpc) is 4.04. The third-order valence-electron chi connectivity index (χ3n) is 10.5. The number of carbonyl (C=O) groups excluding carboxylic acids is 5. The van der Waals surface area contributed by atoms with Crippen molar-refractivity contribution in [2.24, 2.45) is 0 Å². The van der Waals surface area contributed by atoms with Crippen LogP contribution >= 0.6 is 34.5 Å². The smallest absolute Gasteiger partial charge is 0.248 e. The minimum atomic E-state index is -0.565. The Bertz CT molecular complexity index is 2290. The van der Waals surface area contributed by atoms with Crippen LogP contribution in [0.4, 0.5) is 5.00 Å². The molecule has 18 nitrogen and oxygen atoms in total. The summed E-state index contributed by atoms with van der Waals surface area (Å²) in [7, 11) is 3.84. The summed E-state index contributed by atoms with van der Waals surface area (Å²) in [6, 6.07) is 7.39. The Kier molecular flexibility index (Phi) is 18.1. The summed E-state index contributed by atoms with van der Waals surface area (Å²) < 4.78 is 18.2. The van der Waals surface area contributed by atoms with Gasteiger partial charge in [0.15, 0.2) is 0 Å². The number of aliphatic hydroxyl groups excluding tert-OH is 1. The zero-order chi connectivity index (χ0) is 45.6. The quantitative estimate of drug-likeness (QED) is 0.0629. The number of carbonyl (C=O) groups is 5. The number of aromatic nitrogens is 3. The molecule has 5 amide bonds. The van der Waals surface area contributed by atoms with E-state index in [-0.39, 0.29) is 55.7 Å². The third kappa shape index (κ3) is 13.4. The van der Waals surface area contributed by atoms with E-state index in [0.29, 0.717) is 119 Å². The number of thiophene rings is 1. The summed E-state index contributed by atoms with van der Waals surface area (Å²) in [4.78, 5) is 73.7. The number of amides is 5. The van der Waals surface area contributed by atoms with Crippen LogP contribution in [0.5, 0.6) is 0 Å². The Balaban J connectivity index is 0.781. The molecule has 0 unspecified atom stereocenters. The predicted molar refractivity (Wildman–Crippen MR) is 243 cm³/mol. The second-order valence-electron chi connectivity index (χ2n) is 15.4. The number of nitrogens with zero attached hydrogens (tertiary/aromatic N) is 6. The number of H-pyrrole nitrogens is 1. The summed E-state index contributed by atoms with van der Waals surface area (Å²) >= 11 is 14.6. The van der Waals surface area contributed by atoms with Crippen molar-refractivity contribution in [2.75, 3.05) is 111 Å². The molecule has 6 rings (SSSR count). The molecule has 0 aliphatic carbocycles. The van der Waals surface area contributed by atoms with E-state index in [1.807, 2.05) is 31.1 Å². The molecule has 64 heavy (non-hydrogen) atoms. The van der Waals surface area contributed by atoms with Crippen molar-refractivity contribution in [3.8, 4) is 11.3 Å². The van der Waals surface area contributed by atoms with Crippen LogP contribution in [0, 0.1) is 0 Å². The Morgan fingerprint density at radius 1 is 0.938 bits per heavy atom. The molecular weight excluding hydrogens is 889 g/mol. The number of piperazine rings is 1. The van der Waals surface area contributed by atoms with Crippen molar-refractivity contribution < 1.29 is 43.3 Å². The Hall–Kier alpha value is -4.86. The average molecular weight is 945 g/mol. The van der Waals surface area contributed by atoms with Crippen LogP contribution in [0.3, 0.4) is 0 Å². The molecule has 3 aromatic heterocycles. The minimum absolute atomic E-state index is 0.0133. The second-order valence-corrected chi connectivity index (χ2v) is 17.4. The molecule has 2 aliphatic heterocycles. The number of halogens is 2. The number of hydrogen-bond acceptors (Lipinski definition) is 12. The van der Waals surface area contributed by atoms with E-state index >= 15 is 0 Å². The van der Waals surface area contributed by atoms with Crippen LogP contribution in [0.2, 0.25) is 10.0 Å². The number of aliphatic hydroxyl groups is 1. The van der Waals surface area contributed by atoms with Gasteiger partial charge in [-0.05, 0) is 44.8 Å². The van der Waals surface area contributed by atoms with Gasteiger partial charge in [-0.3, -0.25) is 28.7 Å². The number of benzene rings is 1. The number of fused-ring (bicyclic) bond motifs is 3. The van der Waals surface area contributed by atoms with Crippen LogP contribution in [0.15, 0.2) is 42.6 Å². The maximum absolute atomic E-state index is 12.8. The SMILES string of the molecule is CN(C)C/C=C/C(=O)N1CCN(c2ccc(CCNC(=O)CCOCCOCCOCCNC(=O)Cn3ccc(-c4cc(Cl)c(Cl)c5[nH]c6c(c45)CN(C(=O)CO)CC6)n3)s2)C(=O)C1. The van der Waals surface area contributed by atoms with Gasteiger partial charge in [-0.2, -0.15) is 5.10 Å². The van der Waals surface area contributed by atoms with Gasteiger partial charge in [-0.25, -0.2) is 0 Å². The lowest BCUT2D eigenvalue weighted by Crippen LogP contribution is -2.51. The van der Waals surface area contributed by atoms with Crippen molar-refractivity contribution in [2.45, 2.75) is 32.4 Å². The normalized spacial score (nSPS) is 14.3. The Morgan fingerprint density at radius 2 is 1.69 bits per heavy atom.